The Morgan fingerprint density at radius 3 is 2.57 bits per heavy atom. The van der Waals surface area contributed by atoms with Crippen molar-refractivity contribution >= 4 is 39.2 Å². The highest BCUT2D eigenvalue weighted by Crippen LogP contribution is 2.41. The van der Waals surface area contributed by atoms with Gasteiger partial charge in [0.25, 0.3) is 0 Å². The molecule has 0 unspecified atom stereocenters. The van der Waals surface area contributed by atoms with E-state index in [1.54, 1.807) is 0 Å². The van der Waals surface area contributed by atoms with Gasteiger partial charge in [-0.3, -0.25) is 4.98 Å². The van der Waals surface area contributed by atoms with Gasteiger partial charge in [-0.25, -0.2) is 4.98 Å². The minimum atomic E-state index is 0.765. The lowest BCUT2D eigenvalue weighted by molar-refractivity contribution is 0.662. The summed E-state index contributed by atoms with van der Waals surface area (Å²) in [7, 11) is 0. The molecule has 1 aromatic carbocycles. The minimum absolute atomic E-state index is 0.765. The van der Waals surface area contributed by atoms with Crippen LogP contribution in [0.25, 0.3) is 32.9 Å². The van der Waals surface area contributed by atoms with Crippen LogP contribution in [0.3, 0.4) is 0 Å². The quantitative estimate of drug-likeness (QED) is 0.395. The Labute approximate surface area is 181 Å². The molecule has 0 spiro atoms. The van der Waals surface area contributed by atoms with Crippen molar-refractivity contribution in [3.8, 4) is 11.1 Å². The van der Waals surface area contributed by atoms with E-state index in [1.165, 1.54) is 47.5 Å². The van der Waals surface area contributed by atoms with E-state index in [0.29, 0.717) is 0 Å². The molecule has 0 atom stereocenters. The first kappa shape index (κ1) is 18.2. The number of hydrogen-bond donors (Lipinski definition) is 0. The van der Waals surface area contributed by atoms with Gasteiger partial charge in [-0.05, 0) is 68.9 Å². The lowest BCUT2D eigenvalue weighted by atomic mass is 10.0. The zero-order valence-corrected chi connectivity index (χ0v) is 18.0. The molecule has 5 heteroatoms. The summed E-state index contributed by atoms with van der Waals surface area (Å²) >= 11 is 6.62. The van der Waals surface area contributed by atoms with Crippen LogP contribution in [0.1, 0.15) is 31.4 Å². The maximum absolute atomic E-state index is 6.62. The highest BCUT2D eigenvalue weighted by Gasteiger charge is 2.26. The molecule has 152 valence electrons. The van der Waals surface area contributed by atoms with Gasteiger partial charge in [0, 0.05) is 58.9 Å². The maximum atomic E-state index is 6.62. The molecule has 6 rings (SSSR count). The van der Waals surface area contributed by atoms with Gasteiger partial charge >= 0.3 is 0 Å². The van der Waals surface area contributed by atoms with E-state index in [2.05, 4.69) is 51.7 Å². The predicted molar refractivity (Wildman–Crippen MR) is 124 cm³/mol. The molecule has 1 aliphatic carbocycles. The van der Waals surface area contributed by atoms with Crippen LogP contribution >= 0.6 is 11.6 Å². The summed E-state index contributed by atoms with van der Waals surface area (Å²) in [6, 6.07) is 10.7. The molecule has 1 saturated heterocycles. The number of rotatable bonds is 4. The van der Waals surface area contributed by atoms with Crippen LogP contribution in [0.2, 0.25) is 5.02 Å². The average Bonchev–Trinajstić information content (AvgIpc) is 3.29. The summed E-state index contributed by atoms with van der Waals surface area (Å²) in [6.07, 6.45) is 9.07. The van der Waals surface area contributed by atoms with E-state index >= 15 is 0 Å². The number of aryl methyl sites for hydroxylation is 1. The van der Waals surface area contributed by atoms with Crippen LogP contribution < -0.4 is 4.90 Å². The van der Waals surface area contributed by atoms with Crippen molar-refractivity contribution in [3.63, 3.8) is 0 Å². The standard InChI is InChI=1S/C25H25ClN4/c1-16-24-20(8-9-27-16)22-13-19(26)12-21(25(22)30(24)15-17-4-5-17)18-6-7-23(28-14-18)29-10-2-3-11-29/h6-9,12-14,17H,2-5,10-11,15H2,1H3. The fourth-order valence-corrected chi connectivity index (χ4v) is 5.18. The van der Waals surface area contributed by atoms with E-state index in [-0.39, 0.29) is 0 Å². The topological polar surface area (TPSA) is 34.0 Å². The van der Waals surface area contributed by atoms with E-state index in [0.717, 1.165) is 53.2 Å². The molecular formula is C25H25ClN4. The van der Waals surface area contributed by atoms with Gasteiger partial charge < -0.3 is 9.47 Å². The fraction of sp³-hybridized carbons (Fsp3) is 0.360. The molecule has 4 nitrogen and oxygen atoms in total. The Kier molecular flexibility index (Phi) is 4.24. The first-order valence-electron chi connectivity index (χ1n) is 11.0. The van der Waals surface area contributed by atoms with Gasteiger partial charge in [-0.1, -0.05) is 11.6 Å². The summed E-state index contributed by atoms with van der Waals surface area (Å²) in [5, 5.41) is 3.21. The predicted octanol–water partition coefficient (Wildman–Crippen LogP) is 6.22. The van der Waals surface area contributed by atoms with E-state index in [4.69, 9.17) is 16.6 Å². The Hall–Kier alpha value is -2.59. The van der Waals surface area contributed by atoms with Crippen LogP contribution in [-0.2, 0) is 6.54 Å². The number of fused-ring (bicyclic) bond motifs is 3. The second-order valence-corrected chi connectivity index (χ2v) is 9.23. The van der Waals surface area contributed by atoms with Crippen molar-refractivity contribution in [2.45, 2.75) is 39.2 Å². The van der Waals surface area contributed by atoms with Crippen molar-refractivity contribution in [2.75, 3.05) is 18.0 Å². The molecule has 4 aromatic rings. The monoisotopic (exact) mass is 416 g/mol. The highest BCUT2D eigenvalue weighted by atomic mass is 35.5. The van der Waals surface area contributed by atoms with Crippen LogP contribution in [-0.4, -0.2) is 27.6 Å². The van der Waals surface area contributed by atoms with Gasteiger partial charge in [0.1, 0.15) is 5.82 Å². The first-order chi connectivity index (χ1) is 14.7. The normalized spacial score (nSPS) is 16.8. The number of nitrogens with zero attached hydrogens (tertiary/aromatic N) is 4. The molecule has 2 aliphatic rings. The van der Waals surface area contributed by atoms with E-state index in [1.807, 2.05) is 12.4 Å². The Morgan fingerprint density at radius 2 is 1.83 bits per heavy atom. The third-order valence-corrected chi connectivity index (χ3v) is 6.86. The largest absolute Gasteiger partial charge is 0.357 e. The number of hydrogen-bond acceptors (Lipinski definition) is 3. The summed E-state index contributed by atoms with van der Waals surface area (Å²) in [5.74, 6) is 1.84. The smallest absolute Gasteiger partial charge is 0.128 e. The molecule has 1 saturated carbocycles. The number of halogens is 1. The van der Waals surface area contributed by atoms with Gasteiger partial charge in [-0.2, -0.15) is 0 Å². The number of aromatic nitrogens is 3. The van der Waals surface area contributed by atoms with Crippen LogP contribution in [0, 0.1) is 12.8 Å². The zero-order valence-electron chi connectivity index (χ0n) is 17.2. The maximum Gasteiger partial charge on any atom is 0.128 e. The van der Waals surface area contributed by atoms with Crippen molar-refractivity contribution in [1.29, 1.82) is 0 Å². The lowest BCUT2D eigenvalue weighted by Crippen LogP contribution is -2.18. The van der Waals surface area contributed by atoms with Crippen LogP contribution in [0.4, 0.5) is 5.82 Å². The molecular weight excluding hydrogens is 392 g/mol. The average molecular weight is 417 g/mol. The van der Waals surface area contributed by atoms with Crippen LogP contribution in [0.5, 0.6) is 0 Å². The molecule has 0 radical (unpaired) electrons. The lowest BCUT2D eigenvalue weighted by Gasteiger charge is -2.17. The Balaban J connectivity index is 1.58. The second-order valence-electron chi connectivity index (χ2n) is 8.80. The molecule has 0 amide bonds. The second kappa shape index (κ2) is 6.98. The van der Waals surface area contributed by atoms with Crippen molar-refractivity contribution in [3.05, 3.63) is 53.4 Å². The minimum Gasteiger partial charge on any atom is -0.357 e. The number of pyridine rings is 2. The molecule has 0 bridgehead atoms. The van der Waals surface area contributed by atoms with E-state index < -0.39 is 0 Å². The SMILES string of the molecule is Cc1nccc2c3cc(Cl)cc(-c4ccc(N5CCCC5)nc4)c3n(CC3CC3)c12. The Bertz CT molecular complexity index is 1250. The first-order valence-corrected chi connectivity index (χ1v) is 11.4. The summed E-state index contributed by atoms with van der Waals surface area (Å²) in [6.45, 7) is 5.37. The molecule has 2 fully saturated rings. The van der Waals surface area contributed by atoms with Crippen molar-refractivity contribution in [2.24, 2.45) is 5.92 Å². The molecule has 1 aliphatic heterocycles. The molecule has 3 aromatic heterocycles. The van der Waals surface area contributed by atoms with Gasteiger partial charge in [0.05, 0.1) is 16.7 Å². The van der Waals surface area contributed by atoms with Gasteiger partial charge in [0.15, 0.2) is 0 Å². The summed E-state index contributed by atoms with van der Waals surface area (Å²) < 4.78 is 2.49. The number of benzene rings is 1. The van der Waals surface area contributed by atoms with Gasteiger partial charge in [0.2, 0.25) is 0 Å². The van der Waals surface area contributed by atoms with Crippen LogP contribution in [0.15, 0.2) is 42.7 Å². The molecule has 4 heterocycles. The summed E-state index contributed by atoms with van der Waals surface area (Å²) in [5.41, 5.74) is 5.86. The van der Waals surface area contributed by atoms with Gasteiger partial charge in [-0.15, -0.1) is 0 Å². The highest BCUT2D eigenvalue weighted by molar-refractivity contribution is 6.32. The van der Waals surface area contributed by atoms with Crippen molar-refractivity contribution in [1.82, 2.24) is 14.5 Å². The number of anilines is 1. The summed E-state index contributed by atoms with van der Waals surface area (Å²) in [4.78, 5) is 11.8. The molecule has 30 heavy (non-hydrogen) atoms. The Morgan fingerprint density at radius 1 is 1.00 bits per heavy atom. The zero-order chi connectivity index (χ0) is 20.2. The third-order valence-electron chi connectivity index (χ3n) is 6.64. The third kappa shape index (κ3) is 2.97. The van der Waals surface area contributed by atoms with E-state index in [9.17, 15) is 0 Å². The van der Waals surface area contributed by atoms with Crippen molar-refractivity contribution < 1.29 is 0 Å². The fourth-order valence-electron chi connectivity index (χ4n) is 4.96. The molecule has 0 N–H and O–H groups in total.